The number of benzene rings is 1. The first-order valence-electron chi connectivity index (χ1n) is 10.5. The van der Waals surface area contributed by atoms with Gasteiger partial charge in [0.25, 0.3) is 0 Å². The molecule has 0 saturated carbocycles. The number of aliphatic hydroxyl groups excluding tert-OH is 7. The number of thioether (sulfide) groups is 1. The van der Waals surface area contributed by atoms with Crippen LogP contribution in [-0.4, -0.2) is 118 Å². The van der Waals surface area contributed by atoms with Gasteiger partial charge in [-0.3, -0.25) is 0 Å². The highest BCUT2D eigenvalue weighted by atomic mass is 32.2. The van der Waals surface area contributed by atoms with Gasteiger partial charge in [-0.05, 0) is 12.1 Å². The minimum absolute atomic E-state index is 0.282. The first kappa shape index (κ1) is 25.4. The molecule has 0 bridgehead atoms. The number of hydrogen-bond donors (Lipinski definition) is 7. The average molecular weight is 504 g/mol. The molecule has 6 unspecified atom stereocenters. The van der Waals surface area contributed by atoms with Gasteiger partial charge in [0.05, 0.1) is 19.4 Å². The molecule has 0 aliphatic carbocycles. The smallest absolute Gasteiger partial charge is 0.134 e. The van der Waals surface area contributed by atoms with Gasteiger partial charge in [0.2, 0.25) is 0 Å². The predicted octanol–water partition coefficient (Wildman–Crippen LogP) is -2.40. The molecule has 2 fully saturated rings. The number of ether oxygens (including phenoxy) is 2. The van der Waals surface area contributed by atoms with E-state index < -0.39 is 78.7 Å². The molecule has 0 radical (unpaired) electrons. The summed E-state index contributed by atoms with van der Waals surface area (Å²) < 4.78 is 25.8. The van der Waals surface area contributed by atoms with E-state index in [4.69, 9.17) is 9.47 Å². The van der Waals surface area contributed by atoms with Gasteiger partial charge in [-0.15, -0.1) is 5.10 Å². The Morgan fingerprint density at radius 2 is 1.53 bits per heavy atom. The molecule has 14 heteroatoms. The summed E-state index contributed by atoms with van der Waals surface area (Å²) in [5.41, 5.74) is -1.70. The van der Waals surface area contributed by atoms with E-state index in [2.05, 4.69) is 10.3 Å². The van der Waals surface area contributed by atoms with Crippen LogP contribution in [0.4, 0.5) is 4.39 Å². The van der Waals surface area contributed by atoms with Gasteiger partial charge in [0.1, 0.15) is 71.2 Å². The highest BCUT2D eigenvalue weighted by Crippen LogP contribution is 2.40. The molecule has 188 valence electrons. The Bertz CT molecular complexity index is 969. The minimum Gasteiger partial charge on any atom is -0.394 e. The van der Waals surface area contributed by atoms with E-state index >= 15 is 0 Å². The fourth-order valence-corrected chi connectivity index (χ4v) is 5.33. The Labute approximate surface area is 197 Å². The van der Waals surface area contributed by atoms with Crippen LogP contribution in [0.15, 0.2) is 30.5 Å². The average Bonchev–Trinajstić information content (AvgIpc) is 3.31. The summed E-state index contributed by atoms with van der Waals surface area (Å²) in [6.07, 6.45) is -8.53. The maximum absolute atomic E-state index is 13.6. The summed E-state index contributed by atoms with van der Waals surface area (Å²) in [6, 6.07) is 4.48. The molecule has 2 aliphatic heterocycles. The summed E-state index contributed by atoms with van der Waals surface area (Å²) in [4.78, 5) is 0. The summed E-state index contributed by atoms with van der Waals surface area (Å²) in [7, 11) is 0. The van der Waals surface area contributed by atoms with Crippen molar-refractivity contribution in [2.45, 2.75) is 59.6 Å². The van der Waals surface area contributed by atoms with Crippen LogP contribution < -0.4 is 0 Å². The monoisotopic (exact) mass is 503 g/mol. The van der Waals surface area contributed by atoms with Crippen molar-refractivity contribution in [2.24, 2.45) is 0 Å². The van der Waals surface area contributed by atoms with Crippen LogP contribution in [-0.2, 0) is 9.47 Å². The summed E-state index contributed by atoms with van der Waals surface area (Å²) in [5.74, 6) is -0.477. The Kier molecular flexibility index (Phi) is 7.83. The van der Waals surface area contributed by atoms with Crippen LogP contribution in [0, 0.1) is 5.82 Å². The Balaban J connectivity index is 1.57. The largest absolute Gasteiger partial charge is 0.394 e. The summed E-state index contributed by atoms with van der Waals surface area (Å²) >= 11 is 0.747. The van der Waals surface area contributed by atoms with E-state index in [1.54, 1.807) is 6.07 Å². The van der Waals surface area contributed by atoms with Crippen LogP contribution in [0.25, 0.3) is 11.3 Å². The predicted molar refractivity (Wildman–Crippen MR) is 114 cm³/mol. The molecule has 10 atom stereocenters. The third-order valence-electron chi connectivity index (χ3n) is 5.90. The van der Waals surface area contributed by atoms with Gasteiger partial charge in [-0.25, -0.2) is 9.07 Å². The SMILES string of the molecule is OCC1O[C@@H](S[C@@H]2OC(CO)[C@H](O)C(n3cc(-c4cccc(F)c4)nn3)C2O)C(O)C(O)[C@H]1O. The molecule has 2 saturated heterocycles. The van der Waals surface area contributed by atoms with E-state index in [1.807, 2.05) is 0 Å². The number of rotatable bonds is 6. The second-order valence-corrected chi connectivity index (χ2v) is 9.33. The minimum atomic E-state index is -1.62. The van der Waals surface area contributed by atoms with Gasteiger partial charge in [-0.1, -0.05) is 29.1 Å². The molecule has 2 aliphatic rings. The van der Waals surface area contributed by atoms with E-state index in [0.717, 1.165) is 11.8 Å². The van der Waals surface area contributed by atoms with E-state index in [1.165, 1.54) is 29.1 Å². The van der Waals surface area contributed by atoms with Crippen molar-refractivity contribution < 1.29 is 49.6 Å². The second kappa shape index (κ2) is 10.5. The molecule has 0 amide bonds. The molecular formula is C20H26FN3O9S. The van der Waals surface area contributed by atoms with Crippen molar-refractivity contribution >= 4 is 11.8 Å². The van der Waals surface area contributed by atoms with Gasteiger partial charge >= 0.3 is 0 Å². The van der Waals surface area contributed by atoms with Crippen LogP contribution in [0.1, 0.15) is 6.04 Å². The molecule has 1 aromatic heterocycles. The first-order chi connectivity index (χ1) is 16.2. The summed E-state index contributed by atoms with van der Waals surface area (Å²) in [5, 5.41) is 79.1. The van der Waals surface area contributed by atoms with E-state index in [9.17, 15) is 40.1 Å². The van der Waals surface area contributed by atoms with Crippen molar-refractivity contribution in [3.63, 3.8) is 0 Å². The standard InChI is InChI=1S/C20H26FN3O9S/c21-9-3-1-2-8(4-9)10-5-24(23-22-10)13-14(27)11(6-25)32-19(16(13)29)34-20-18(31)17(30)15(28)12(7-26)33-20/h1-5,11-20,25-31H,6-7H2/t11?,12?,13?,14-,15-,16?,17?,18?,19-,20-/m0/s1. The number of aromatic nitrogens is 3. The van der Waals surface area contributed by atoms with Gasteiger partial charge < -0.3 is 45.2 Å². The lowest BCUT2D eigenvalue weighted by Gasteiger charge is -2.45. The fourth-order valence-electron chi connectivity index (χ4n) is 4.01. The Hall–Kier alpha value is -1.72. The van der Waals surface area contributed by atoms with Crippen LogP contribution >= 0.6 is 11.8 Å². The van der Waals surface area contributed by atoms with E-state index in [-0.39, 0.29) is 5.69 Å². The molecule has 2 aromatic rings. The Morgan fingerprint density at radius 1 is 0.882 bits per heavy atom. The highest BCUT2D eigenvalue weighted by Gasteiger charge is 2.50. The number of nitrogens with zero attached hydrogens (tertiary/aromatic N) is 3. The third kappa shape index (κ3) is 4.83. The zero-order valence-electron chi connectivity index (χ0n) is 17.6. The van der Waals surface area contributed by atoms with Gasteiger partial charge in [0.15, 0.2) is 0 Å². The molecule has 1 aromatic carbocycles. The Morgan fingerprint density at radius 3 is 2.18 bits per heavy atom. The van der Waals surface area contributed by atoms with Crippen LogP contribution in [0.3, 0.4) is 0 Å². The number of hydrogen-bond acceptors (Lipinski definition) is 12. The lowest BCUT2D eigenvalue weighted by molar-refractivity contribution is -0.208. The molecule has 0 spiro atoms. The zero-order chi connectivity index (χ0) is 24.6. The van der Waals surface area contributed by atoms with E-state index in [0.29, 0.717) is 5.56 Å². The van der Waals surface area contributed by atoms with Crippen LogP contribution in [0.2, 0.25) is 0 Å². The first-order valence-corrected chi connectivity index (χ1v) is 11.5. The normalized spacial score (nSPS) is 38.7. The lowest BCUT2D eigenvalue weighted by atomic mass is 9.97. The zero-order valence-corrected chi connectivity index (χ0v) is 18.5. The molecule has 4 rings (SSSR count). The molecule has 3 heterocycles. The maximum Gasteiger partial charge on any atom is 0.134 e. The number of halogens is 1. The van der Waals surface area contributed by atoms with Gasteiger partial charge in [-0.2, -0.15) is 0 Å². The van der Waals surface area contributed by atoms with Crippen molar-refractivity contribution in [1.82, 2.24) is 15.0 Å². The van der Waals surface area contributed by atoms with Crippen LogP contribution in [0.5, 0.6) is 0 Å². The number of aliphatic hydroxyl groups is 7. The summed E-state index contributed by atoms with van der Waals surface area (Å²) in [6.45, 7) is -1.24. The lowest BCUT2D eigenvalue weighted by Crippen LogP contribution is -2.59. The molecule has 34 heavy (non-hydrogen) atoms. The fraction of sp³-hybridized carbons (Fsp3) is 0.600. The maximum atomic E-state index is 13.6. The van der Waals surface area contributed by atoms with Crippen molar-refractivity contribution in [1.29, 1.82) is 0 Å². The second-order valence-electron chi connectivity index (χ2n) is 8.12. The highest BCUT2D eigenvalue weighted by molar-refractivity contribution is 8.00. The van der Waals surface area contributed by atoms with Gasteiger partial charge in [0, 0.05) is 5.56 Å². The van der Waals surface area contributed by atoms with Crippen molar-refractivity contribution in [2.75, 3.05) is 13.2 Å². The molecular weight excluding hydrogens is 477 g/mol. The topological polar surface area (TPSA) is 191 Å². The molecule has 12 nitrogen and oxygen atoms in total. The van der Waals surface area contributed by atoms with Crippen molar-refractivity contribution in [3.05, 3.63) is 36.3 Å². The third-order valence-corrected chi connectivity index (χ3v) is 7.22. The quantitative estimate of drug-likeness (QED) is 0.221. The van der Waals surface area contributed by atoms with Crippen molar-refractivity contribution in [3.8, 4) is 11.3 Å². The molecule has 7 N–H and O–H groups in total.